The van der Waals surface area contributed by atoms with Crippen LogP contribution in [0, 0.1) is 13.8 Å². The lowest BCUT2D eigenvalue weighted by Gasteiger charge is -2.10. The average molecular weight is 823 g/mol. The SMILES string of the molecule is CCn1nc(C)cc1C(=O)Nc1nc2cc(C(N)=O)ccc2n1C/C=C/Cn1c(NC(=O)c2cc(C)nn2CC)nc2cc(C(=O)NCCOCCOCCOC)ccc21. The van der Waals surface area contributed by atoms with E-state index in [1.165, 1.54) is 0 Å². The van der Waals surface area contributed by atoms with Crippen molar-refractivity contribution < 1.29 is 33.4 Å². The van der Waals surface area contributed by atoms with Gasteiger partial charge in [-0.15, -0.1) is 0 Å². The van der Waals surface area contributed by atoms with Gasteiger partial charge in [0.2, 0.25) is 17.8 Å². The van der Waals surface area contributed by atoms with Crippen LogP contribution >= 0.6 is 0 Å². The number of carbonyl (C=O) groups is 4. The molecule has 0 spiro atoms. The molecule has 6 rings (SSSR count). The third-order valence-corrected chi connectivity index (χ3v) is 9.44. The number of nitrogens with two attached hydrogens (primary N) is 1. The maximum absolute atomic E-state index is 13.6. The second-order valence-corrected chi connectivity index (χ2v) is 13.7. The molecule has 6 aromatic rings. The fraction of sp³-hybridized carbons (Fsp3) is 0.366. The molecule has 60 heavy (non-hydrogen) atoms. The summed E-state index contributed by atoms with van der Waals surface area (Å²) in [4.78, 5) is 61.6. The van der Waals surface area contributed by atoms with E-state index in [4.69, 9.17) is 24.9 Å². The lowest BCUT2D eigenvalue weighted by molar-refractivity contribution is 0.0255. The third kappa shape index (κ3) is 10.1. The highest BCUT2D eigenvalue weighted by molar-refractivity contribution is 6.04. The number of methoxy groups -OCH3 is 1. The number of anilines is 2. The Morgan fingerprint density at radius 2 is 1.15 bits per heavy atom. The molecule has 0 unspecified atom stereocenters. The summed E-state index contributed by atoms with van der Waals surface area (Å²) in [5, 5.41) is 17.5. The van der Waals surface area contributed by atoms with E-state index in [1.807, 2.05) is 49.0 Å². The standard InChI is InChI=1S/C41H50N12O7/c1-6-52-34(22-26(3)48-52)38(56)46-40-44-30-24-28(36(42)54)10-12-32(30)50(40)15-8-9-16-51-33-13-11-29(37(55)43-14-17-59-20-21-60-19-18-58-5)25-31(33)45-41(51)47-39(57)35-23-27(4)49-53(35)7-2/h8-13,22-25H,6-7,14-21H2,1-5H3,(H2,42,54)(H,43,55)(H,44,46,56)(H,45,47,57)/b9-8+. The predicted octanol–water partition coefficient (Wildman–Crippen LogP) is 3.70. The van der Waals surface area contributed by atoms with Gasteiger partial charge in [-0.05, 0) is 76.2 Å². The number of hydrogen-bond donors (Lipinski definition) is 4. The van der Waals surface area contributed by atoms with Crippen molar-refractivity contribution in [2.24, 2.45) is 5.73 Å². The van der Waals surface area contributed by atoms with Crippen LogP contribution in [-0.2, 0) is 40.4 Å². The number of ether oxygens (including phenoxy) is 3. The zero-order valence-electron chi connectivity index (χ0n) is 34.4. The fourth-order valence-electron chi connectivity index (χ4n) is 6.55. The maximum atomic E-state index is 13.6. The number of hydrogen-bond acceptors (Lipinski definition) is 11. The summed E-state index contributed by atoms with van der Waals surface area (Å²) in [6.45, 7) is 11.4. The molecular formula is C41H50N12O7. The van der Waals surface area contributed by atoms with E-state index in [1.54, 1.807) is 65.0 Å². The Morgan fingerprint density at radius 1 is 0.667 bits per heavy atom. The first-order valence-electron chi connectivity index (χ1n) is 19.6. The number of allylic oxidation sites excluding steroid dienone is 2. The van der Waals surface area contributed by atoms with Gasteiger partial charge in [0.05, 0.1) is 66.5 Å². The Hall–Kier alpha value is -6.70. The van der Waals surface area contributed by atoms with Crippen LogP contribution in [0.1, 0.15) is 66.9 Å². The normalized spacial score (nSPS) is 11.6. The monoisotopic (exact) mass is 822 g/mol. The maximum Gasteiger partial charge on any atom is 0.276 e. The zero-order valence-corrected chi connectivity index (χ0v) is 34.4. The molecule has 19 nitrogen and oxygen atoms in total. The molecule has 0 aliphatic heterocycles. The number of imidazole rings is 2. The van der Waals surface area contributed by atoms with Crippen LogP contribution < -0.4 is 21.7 Å². The first-order chi connectivity index (χ1) is 29.0. The number of nitrogens with zero attached hydrogens (tertiary/aromatic N) is 8. The quantitative estimate of drug-likeness (QED) is 0.0604. The van der Waals surface area contributed by atoms with Crippen LogP contribution in [0.4, 0.5) is 11.9 Å². The van der Waals surface area contributed by atoms with E-state index < -0.39 is 5.91 Å². The molecule has 4 aromatic heterocycles. The highest BCUT2D eigenvalue weighted by Crippen LogP contribution is 2.24. The molecule has 4 amide bonds. The number of benzene rings is 2. The van der Waals surface area contributed by atoms with Gasteiger partial charge in [0.1, 0.15) is 11.4 Å². The van der Waals surface area contributed by atoms with Gasteiger partial charge in [-0.2, -0.15) is 10.2 Å². The number of aryl methyl sites for hydroxylation is 4. The summed E-state index contributed by atoms with van der Waals surface area (Å²) in [7, 11) is 1.61. The molecule has 0 saturated heterocycles. The minimum atomic E-state index is -0.599. The summed E-state index contributed by atoms with van der Waals surface area (Å²) >= 11 is 0. The minimum Gasteiger partial charge on any atom is -0.382 e. The van der Waals surface area contributed by atoms with Crippen molar-refractivity contribution in [3.05, 3.63) is 94.6 Å². The Balaban J connectivity index is 1.23. The van der Waals surface area contributed by atoms with Crippen LogP contribution in [0.3, 0.4) is 0 Å². The van der Waals surface area contributed by atoms with Gasteiger partial charge in [0.15, 0.2) is 0 Å². The molecule has 316 valence electrons. The van der Waals surface area contributed by atoms with Gasteiger partial charge in [-0.3, -0.25) is 39.2 Å². The first kappa shape index (κ1) is 42.9. The number of aromatic nitrogens is 8. The number of nitrogens with one attached hydrogen (secondary N) is 3. The molecule has 0 saturated carbocycles. The van der Waals surface area contributed by atoms with E-state index in [0.29, 0.717) is 103 Å². The van der Waals surface area contributed by atoms with E-state index >= 15 is 0 Å². The van der Waals surface area contributed by atoms with Gasteiger partial charge in [0, 0.05) is 51.0 Å². The predicted molar refractivity (Wildman–Crippen MR) is 224 cm³/mol. The summed E-state index contributed by atoms with van der Waals surface area (Å²) < 4.78 is 22.7. The van der Waals surface area contributed by atoms with Crippen molar-refractivity contribution in [2.75, 3.05) is 57.3 Å². The molecule has 0 bridgehead atoms. The van der Waals surface area contributed by atoms with Gasteiger partial charge in [-0.1, -0.05) is 12.2 Å². The third-order valence-electron chi connectivity index (χ3n) is 9.44. The van der Waals surface area contributed by atoms with Crippen LogP contribution in [-0.4, -0.2) is 109 Å². The van der Waals surface area contributed by atoms with Gasteiger partial charge < -0.3 is 34.4 Å². The van der Waals surface area contributed by atoms with Gasteiger partial charge in [0.25, 0.3) is 17.7 Å². The average Bonchev–Trinajstić information content (AvgIpc) is 4.00. The summed E-state index contributed by atoms with van der Waals surface area (Å²) in [5.41, 5.74) is 10.7. The Bertz CT molecular complexity index is 2530. The molecule has 2 aromatic carbocycles. The Kier molecular flexibility index (Phi) is 14.2. The van der Waals surface area contributed by atoms with E-state index in [2.05, 4.69) is 31.1 Å². The van der Waals surface area contributed by atoms with Crippen molar-refractivity contribution in [3.8, 4) is 0 Å². The molecule has 4 heterocycles. The van der Waals surface area contributed by atoms with Crippen molar-refractivity contribution in [2.45, 2.75) is 53.9 Å². The number of primary amides is 1. The van der Waals surface area contributed by atoms with Crippen molar-refractivity contribution in [3.63, 3.8) is 0 Å². The zero-order chi connectivity index (χ0) is 42.8. The van der Waals surface area contributed by atoms with Gasteiger partial charge in [-0.25, -0.2) is 9.97 Å². The minimum absolute atomic E-state index is 0.260. The topological polar surface area (TPSA) is 229 Å². The van der Waals surface area contributed by atoms with Crippen LogP contribution in [0.2, 0.25) is 0 Å². The Morgan fingerprint density at radius 3 is 1.65 bits per heavy atom. The number of rotatable bonds is 21. The summed E-state index contributed by atoms with van der Waals surface area (Å²) in [5.74, 6) is -1.15. The molecular weight excluding hydrogens is 773 g/mol. The molecule has 0 atom stereocenters. The number of amides is 4. The molecule has 5 N–H and O–H groups in total. The summed E-state index contributed by atoms with van der Waals surface area (Å²) in [6, 6.07) is 13.5. The molecule has 0 fully saturated rings. The second kappa shape index (κ2) is 19.8. The Labute approximate surface area is 345 Å². The number of carbonyl (C=O) groups excluding carboxylic acids is 4. The van der Waals surface area contributed by atoms with Crippen molar-refractivity contribution in [1.82, 2.24) is 44.0 Å². The molecule has 0 radical (unpaired) electrons. The summed E-state index contributed by atoms with van der Waals surface area (Å²) in [6.07, 6.45) is 3.78. The fourth-order valence-corrected chi connectivity index (χ4v) is 6.55. The van der Waals surface area contributed by atoms with Crippen molar-refractivity contribution >= 4 is 57.6 Å². The van der Waals surface area contributed by atoms with Crippen LogP contribution in [0.15, 0.2) is 60.7 Å². The van der Waals surface area contributed by atoms with Crippen LogP contribution in [0.5, 0.6) is 0 Å². The van der Waals surface area contributed by atoms with Crippen molar-refractivity contribution in [1.29, 1.82) is 0 Å². The highest BCUT2D eigenvalue weighted by atomic mass is 16.5. The van der Waals surface area contributed by atoms with Crippen LogP contribution in [0.25, 0.3) is 22.1 Å². The largest absolute Gasteiger partial charge is 0.382 e. The molecule has 19 heteroatoms. The second-order valence-electron chi connectivity index (χ2n) is 13.7. The van der Waals surface area contributed by atoms with E-state index in [-0.39, 0.29) is 48.3 Å². The van der Waals surface area contributed by atoms with Gasteiger partial charge >= 0.3 is 0 Å². The van der Waals surface area contributed by atoms with E-state index in [0.717, 1.165) is 0 Å². The first-order valence-corrected chi connectivity index (χ1v) is 19.6. The lowest BCUT2D eigenvalue weighted by atomic mass is 10.2. The molecule has 0 aliphatic carbocycles. The number of fused-ring (bicyclic) bond motifs is 2. The highest BCUT2D eigenvalue weighted by Gasteiger charge is 2.21. The smallest absolute Gasteiger partial charge is 0.276 e. The van der Waals surface area contributed by atoms with E-state index in [9.17, 15) is 19.2 Å². The lowest BCUT2D eigenvalue weighted by Crippen LogP contribution is -2.27. The molecule has 0 aliphatic rings.